The minimum atomic E-state index is 0.638. The van der Waals surface area contributed by atoms with Crippen LogP contribution in [0.5, 0.6) is 0 Å². The second-order valence-corrected chi connectivity index (χ2v) is 4.53. The van der Waals surface area contributed by atoms with E-state index in [0.29, 0.717) is 12.3 Å². The Morgan fingerprint density at radius 2 is 2.24 bits per heavy atom. The summed E-state index contributed by atoms with van der Waals surface area (Å²) in [6, 6.07) is 8.08. The van der Waals surface area contributed by atoms with Crippen LogP contribution in [-0.4, -0.2) is 21.7 Å². The molecule has 86 valence electrons. The first-order chi connectivity index (χ1) is 8.42. The first kappa shape index (κ1) is 10.2. The summed E-state index contributed by atoms with van der Waals surface area (Å²) in [7, 11) is 0. The molecule has 0 radical (unpaired) electrons. The zero-order valence-corrected chi connectivity index (χ0v) is 9.78. The molecule has 0 aliphatic heterocycles. The summed E-state index contributed by atoms with van der Waals surface area (Å²) < 4.78 is 6.10. The first-order valence-electron chi connectivity index (χ1n) is 5.27. The van der Waals surface area contributed by atoms with Gasteiger partial charge in [-0.25, -0.2) is 4.98 Å². The second-order valence-electron chi connectivity index (χ2n) is 3.50. The van der Waals surface area contributed by atoms with Crippen LogP contribution >= 0.6 is 11.3 Å². The number of thiazole rings is 1. The van der Waals surface area contributed by atoms with Gasteiger partial charge in [-0.15, -0.1) is 0 Å². The number of nitrogens with one attached hydrogen (secondary N) is 1. The number of anilines is 1. The number of para-hydroxylation sites is 1. The number of hydrogen-bond donors (Lipinski definition) is 1. The van der Waals surface area contributed by atoms with Gasteiger partial charge in [0.2, 0.25) is 5.89 Å². The van der Waals surface area contributed by atoms with Crippen molar-refractivity contribution < 1.29 is 4.52 Å². The van der Waals surface area contributed by atoms with Crippen LogP contribution in [0, 0.1) is 0 Å². The van der Waals surface area contributed by atoms with Crippen molar-refractivity contribution in [1.82, 2.24) is 15.1 Å². The normalized spacial score (nSPS) is 10.8. The Morgan fingerprint density at radius 1 is 1.29 bits per heavy atom. The predicted octanol–water partition coefficient (Wildman–Crippen LogP) is 2.33. The van der Waals surface area contributed by atoms with E-state index in [0.717, 1.165) is 17.2 Å². The highest BCUT2D eigenvalue weighted by atomic mass is 32.1. The smallest absolute Gasteiger partial charge is 0.228 e. The van der Waals surface area contributed by atoms with E-state index in [1.807, 2.05) is 18.2 Å². The molecule has 6 heteroatoms. The molecule has 1 N–H and O–H groups in total. The van der Waals surface area contributed by atoms with Crippen molar-refractivity contribution in [3.05, 3.63) is 36.5 Å². The third-order valence-corrected chi connectivity index (χ3v) is 3.31. The molecule has 0 amide bonds. The first-order valence-corrected chi connectivity index (χ1v) is 6.08. The van der Waals surface area contributed by atoms with Crippen molar-refractivity contribution in [2.24, 2.45) is 0 Å². The van der Waals surface area contributed by atoms with Crippen LogP contribution in [0.1, 0.15) is 5.89 Å². The van der Waals surface area contributed by atoms with Crippen molar-refractivity contribution in [3.8, 4) is 0 Å². The largest absolute Gasteiger partial charge is 0.361 e. The minimum absolute atomic E-state index is 0.638. The molecule has 1 aromatic carbocycles. The van der Waals surface area contributed by atoms with Gasteiger partial charge < -0.3 is 9.84 Å². The standard InChI is InChI=1S/C11H10N4OS/c1-2-4-9-8(3-1)15-11(17-9)12-6-5-10-13-7-14-16-10/h1-4,7H,5-6H2,(H,12,15). The maximum absolute atomic E-state index is 4.91. The third kappa shape index (κ3) is 2.26. The molecule has 0 saturated heterocycles. The SMILES string of the molecule is c1ccc2sc(NCCc3ncno3)nc2c1. The maximum Gasteiger partial charge on any atom is 0.228 e. The van der Waals surface area contributed by atoms with Crippen LogP contribution < -0.4 is 5.32 Å². The number of nitrogens with zero attached hydrogens (tertiary/aromatic N) is 3. The monoisotopic (exact) mass is 246 g/mol. The summed E-state index contributed by atoms with van der Waals surface area (Å²) in [5.41, 5.74) is 1.03. The van der Waals surface area contributed by atoms with Crippen molar-refractivity contribution in [2.45, 2.75) is 6.42 Å². The molecule has 0 bridgehead atoms. The van der Waals surface area contributed by atoms with Gasteiger partial charge in [-0.1, -0.05) is 28.6 Å². The van der Waals surface area contributed by atoms with Gasteiger partial charge in [0.15, 0.2) is 11.5 Å². The molecule has 2 heterocycles. The highest BCUT2D eigenvalue weighted by Gasteiger charge is 2.03. The van der Waals surface area contributed by atoms with Crippen LogP contribution in [-0.2, 0) is 6.42 Å². The van der Waals surface area contributed by atoms with Crippen LogP contribution in [0.2, 0.25) is 0 Å². The van der Waals surface area contributed by atoms with Gasteiger partial charge in [0.05, 0.1) is 10.2 Å². The van der Waals surface area contributed by atoms with Crippen molar-refractivity contribution in [3.63, 3.8) is 0 Å². The number of rotatable bonds is 4. The van der Waals surface area contributed by atoms with Gasteiger partial charge in [-0.3, -0.25) is 0 Å². The average Bonchev–Trinajstić information content (AvgIpc) is 2.96. The van der Waals surface area contributed by atoms with Crippen LogP contribution in [0.4, 0.5) is 5.13 Å². The average molecular weight is 246 g/mol. The molecule has 0 atom stereocenters. The minimum Gasteiger partial charge on any atom is -0.361 e. The highest BCUT2D eigenvalue weighted by Crippen LogP contribution is 2.25. The fraction of sp³-hybridized carbons (Fsp3) is 0.182. The van der Waals surface area contributed by atoms with Gasteiger partial charge in [-0.05, 0) is 12.1 Å². The summed E-state index contributed by atoms with van der Waals surface area (Å²) in [4.78, 5) is 8.43. The van der Waals surface area contributed by atoms with Gasteiger partial charge in [0, 0.05) is 13.0 Å². The summed E-state index contributed by atoms with van der Waals surface area (Å²) in [5, 5.41) is 7.73. The molecule has 3 rings (SSSR count). The summed E-state index contributed by atoms with van der Waals surface area (Å²) >= 11 is 1.65. The topological polar surface area (TPSA) is 63.8 Å². The van der Waals surface area contributed by atoms with E-state index >= 15 is 0 Å². The number of benzene rings is 1. The Labute approximate surface area is 101 Å². The van der Waals surface area contributed by atoms with E-state index in [9.17, 15) is 0 Å². The lowest BCUT2D eigenvalue weighted by atomic mass is 10.3. The molecule has 0 unspecified atom stereocenters. The van der Waals surface area contributed by atoms with Crippen LogP contribution in [0.3, 0.4) is 0 Å². The lowest BCUT2D eigenvalue weighted by Gasteiger charge is -1.97. The number of hydrogen-bond acceptors (Lipinski definition) is 6. The Morgan fingerprint density at radius 3 is 3.06 bits per heavy atom. The van der Waals surface area contributed by atoms with Gasteiger partial charge in [0.25, 0.3) is 0 Å². The lowest BCUT2D eigenvalue weighted by Crippen LogP contribution is -2.04. The molecule has 0 spiro atoms. The zero-order chi connectivity index (χ0) is 11.5. The third-order valence-electron chi connectivity index (χ3n) is 2.32. The molecular formula is C11H10N4OS. The summed E-state index contributed by atoms with van der Waals surface area (Å²) in [6.07, 6.45) is 2.11. The summed E-state index contributed by atoms with van der Waals surface area (Å²) in [5.74, 6) is 0.638. The predicted molar refractivity (Wildman–Crippen MR) is 66.1 cm³/mol. The van der Waals surface area contributed by atoms with E-state index in [2.05, 4.69) is 26.5 Å². The molecule has 0 aliphatic carbocycles. The second kappa shape index (κ2) is 4.50. The van der Waals surface area contributed by atoms with Crippen LogP contribution in [0.25, 0.3) is 10.2 Å². The number of aromatic nitrogens is 3. The molecule has 17 heavy (non-hydrogen) atoms. The van der Waals surface area contributed by atoms with E-state index < -0.39 is 0 Å². The van der Waals surface area contributed by atoms with E-state index in [4.69, 9.17) is 4.52 Å². The molecular weight excluding hydrogens is 236 g/mol. The van der Waals surface area contributed by atoms with Crippen molar-refractivity contribution >= 4 is 26.7 Å². The Kier molecular flexibility index (Phi) is 2.71. The molecule has 0 fully saturated rings. The Hall–Kier alpha value is -1.95. The van der Waals surface area contributed by atoms with E-state index in [1.54, 1.807) is 11.3 Å². The van der Waals surface area contributed by atoms with Gasteiger partial charge in [-0.2, -0.15) is 4.98 Å². The van der Waals surface area contributed by atoms with Crippen molar-refractivity contribution in [2.75, 3.05) is 11.9 Å². The Bertz CT molecular complexity index is 572. The van der Waals surface area contributed by atoms with Crippen molar-refractivity contribution in [1.29, 1.82) is 0 Å². The number of fused-ring (bicyclic) bond motifs is 1. The quantitative estimate of drug-likeness (QED) is 0.765. The molecule has 0 aliphatic rings. The van der Waals surface area contributed by atoms with E-state index in [-0.39, 0.29) is 0 Å². The maximum atomic E-state index is 4.91. The highest BCUT2D eigenvalue weighted by molar-refractivity contribution is 7.22. The molecule has 5 nitrogen and oxygen atoms in total. The van der Waals surface area contributed by atoms with Gasteiger partial charge in [0.1, 0.15) is 0 Å². The fourth-order valence-electron chi connectivity index (χ4n) is 1.53. The van der Waals surface area contributed by atoms with Crippen LogP contribution in [0.15, 0.2) is 35.1 Å². The zero-order valence-electron chi connectivity index (χ0n) is 8.96. The molecule has 3 aromatic rings. The van der Waals surface area contributed by atoms with Gasteiger partial charge >= 0.3 is 0 Å². The molecule has 0 saturated carbocycles. The summed E-state index contributed by atoms with van der Waals surface area (Å²) in [6.45, 7) is 0.738. The van der Waals surface area contributed by atoms with E-state index in [1.165, 1.54) is 11.0 Å². The fourth-order valence-corrected chi connectivity index (χ4v) is 2.42. The lowest BCUT2D eigenvalue weighted by molar-refractivity contribution is 0.380. The molecule has 2 aromatic heterocycles. The Balaban J connectivity index is 1.65.